The maximum absolute atomic E-state index is 6.02. The summed E-state index contributed by atoms with van der Waals surface area (Å²) in [7, 11) is 1.81. The van der Waals surface area contributed by atoms with Gasteiger partial charge in [0.2, 0.25) is 5.96 Å². The van der Waals surface area contributed by atoms with Gasteiger partial charge in [-0.25, -0.2) is 0 Å². The lowest BCUT2D eigenvalue weighted by atomic mass is 9.64. The Balaban J connectivity index is 1.83. The first kappa shape index (κ1) is 9.31. The summed E-state index contributed by atoms with van der Waals surface area (Å²) < 4.78 is 0. The van der Waals surface area contributed by atoms with E-state index >= 15 is 0 Å². The lowest BCUT2D eigenvalue weighted by Crippen LogP contribution is -2.61. The molecule has 2 saturated heterocycles. The molecule has 4 heteroatoms. The standard InChI is InChI=1S/C11H20N4/c1-13-14-11(12)15-9-3-7-2-8(5-9)6-10(15)4-7/h7-10,13H,2-6H2,1H3,(H2,12,14). The fourth-order valence-electron chi connectivity index (χ4n) is 4.08. The van der Waals surface area contributed by atoms with E-state index in [9.17, 15) is 0 Å². The number of piperidine rings is 2. The Morgan fingerprint density at radius 1 is 1.13 bits per heavy atom. The average Bonchev–Trinajstić information content (AvgIpc) is 2.15. The Morgan fingerprint density at radius 2 is 1.67 bits per heavy atom. The van der Waals surface area contributed by atoms with E-state index in [0.29, 0.717) is 18.0 Å². The predicted octanol–water partition coefficient (Wildman–Crippen LogP) is 0.698. The van der Waals surface area contributed by atoms with Crippen LogP contribution in [0.2, 0.25) is 0 Å². The predicted molar refractivity (Wildman–Crippen MR) is 60.2 cm³/mol. The van der Waals surface area contributed by atoms with Crippen molar-refractivity contribution in [3.63, 3.8) is 0 Å². The number of hydrogen-bond acceptors (Lipinski definition) is 2. The summed E-state index contributed by atoms with van der Waals surface area (Å²) in [6.45, 7) is 0. The smallest absolute Gasteiger partial charge is 0.214 e. The third-order valence-electron chi connectivity index (χ3n) is 4.37. The molecule has 4 rings (SSSR count). The first-order valence-corrected chi connectivity index (χ1v) is 6.06. The van der Waals surface area contributed by atoms with Crippen LogP contribution in [0.15, 0.2) is 5.10 Å². The maximum Gasteiger partial charge on any atom is 0.214 e. The van der Waals surface area contributed by atoms with Crippen LogP contribution in [0, 0.1) is 11.8 Å². The van der Waals surface area contributed by atoms with Gasteiger partial charge >= 0.3 is 0 Å². The number of nitrogens with one attached hydrogen (secondary N) is 1. The van der Waals surface area contributed by atoms with Crippen molar-refractivity contribution in [1.29, 1.82) is 0 Å². The number of nitrogens with zero attached hydrogens (tertiary/aromatic N) is 2. The van der Waals surface area contributed by atoms with Gasteiger partial charge in [0.1, 0.15) is 0 Å². The van der Waals surface area contributed by atoms with Crippen LogP contribution in [0.4, 0.5) is 0 Å². The molecular formula is C11H20N4. The van der Waals surface area contributed by atoms with Crippen LogP contribution in [-0.4, -0.2) is 30.0 Å². The molecule has 4 fully saturated rings. The Kier molecular flexibility index (Phi) is 2.04. The summed E-state index contributed by atoms with van der Waals surface area (Å²) in [5.41, 5.74) is 8.82. The molecule has 0 amide bonds. The Morgan fingerprint density at radius 3 is 2.13 bits per heavy atom. The molecule has 4 bridgehead atoms. The van der Waals surface area contributed by atoms with Gasteiger partial charge in [0.05, 0.1) is 0 Å². The molecule has 4 nitrogen and oxygen atoms in total. The maximum atomic E-state index is 6.02. The fourth-order valence-corrected chi connectivity index (χ4v) is 4.08. The van der Waals surface area contributed by atoms with Crippen molar-refractivity contribution in [2.75, 3.05) is 7.05 Å². The largest absolute Gasteiger partial charge is 0.368 e. The second-order valence-corrected chi connectivity index (χ2v) is 5.32. The molecule has 0 spiro atoms. The zero-order valence-electron chi connectivity index (χ0n) is 9.32. The van der Waals surface area contributed by atoms with Gasteiger partial charge in [-0.15, -0.1) is 5.10 Å². The number of hydrogen-bond donors (Lipinski definition) is 2. The highest BCUT2D eigenvalue weighted by Crippen LogP contribution is 2.48. The molecule has 0 atom stereocenters. The van der Waals surface area contributed by atoms with Crippen molar-refractivity contribution in [2.24, 2.45) is 22.7 Å². The molecule has 4 aliphatic rings. The molecule has 0 aromatic carbocycles. The van der Waals surface area contributed by atoms with Gasteiger partial charge < -0.3 is 16.1 Å². The second-order valence-electron chi connectivity index (χ2n) is 5.32. The molecule has 0 aromatic heterocycles. The minimum absolute atomic E-state index is 0.679. The summed E-state index contributed by atoms with van der Waals surface area (Å²) in [6.07, 6.45) is 6.84. The van der Waals surface area contributed by atoms with Crippen molar-refractivity contribution >= 4 is 5.96 Å². The molecular weight excluding hydrogens is 188 g/mol. The van der Waals surface area contributed by atoms with Gasteiger partial charge in [-0.2, -0.15) is 0 Å². The number of nitrogens with two attached hydrogens (primary N) is 1. The highest BCUT2D eigenvalue weighted by molar-refractivity contribution is 5.78. The van der Waals surface area contributed by atoms with E-state index in [-0.39, 0.29) is 0 Å². The summed E-state index contributed by atoms with van der Waals surface area (Å²) in [5.74, 6) is 2.66. The SMILES string of the molecule is CNN=C(N)N1C2CC3CC(C2)CC1C3. The number of hydrazone groups is 1. The van der Waals surface area contributed by atoms with E-state index in [0.717, 1.165) is 11.8 Å². The van der Waals surface area contributed by atoms with Crippen molar-refractivity contribution in [2.45, 2.75) is 44.2 Å². The first-order chi connectivity index (χ1) is 7.28. The zero-order valence-corrected chi connectivity index (χ0v) is 9.32. The van der Waals surface area contributed by atoms with Crippen molar-refractivity contribution in [3.05, 3.63) is 0 Å². The highest BCUT2D eigenvalue weighted by atomic mass is 15.4. The molecule has 0 radical (unpaired) electrons. The van der Waals surface area contributed by atoms with Crippen LogP contribution in [0.5, 0.6) is 0 Å². The molecule has 0 aromatic rings. The Bertz CT molecular complexity index is 258. The van der Waals surface area contributed by atoms with Crippen LogP contribution in [0.25, 0.3) is 0 Å². The monoisotopic (exact) mass is 208 g/mol. The topological polar surface area (TPSA) is 53.6 Å². The van der Waals surface area contributed by atoms with Gasteiger partial charge in [0, 0.05) is 19.1 Å². The highest BCUT2D eigenvalue weighted by Gasteiger charge is 2.47. The van der Waals surface area contributed by atoms with E-state index in [2.05, 4.69) is 15.4 Å². The van der Waals surface area contributed by atoms with Crippen molar-refractivity contribution in [3.8, 4) is 0 Å². The molecule has 2 heterocycles. The third kappa shape index (κ3) is 1.38. The molecule has 84 valence electrons. The third-order valence-corrected chi connectivity index (χ3v) is 4.37. The fraction of sp³-hybridized carbons (Fsp3) is 0.909. The molecule has 0 unspecified atom stereocenters. The van der Waals surface area contributed by atoms with Crippen LogP contribution < -0.4 is 11.2 Å². The second kappa shape index (κ2) is 3.29. The minimum atomic E-state index is 0.679. The Hall–Kier alpha value is -0.930. The Labute approximate surface area is 90.9 Å². The molecule has 2 aliphatic carbocycles. The average molecular weight is 208 g/mol. The van der Waals surface area contributed by atoms with Crippen LogP contribution >= 0.6 is 0 Å². The van der Waals surface area contributed by atoms with Gasteiger partial charge in [-0.3, -0.25) is 0 Å². The lowest BCUT2D eigenvalue weighted by molar-refractivity contribution is -0.0171. The lowest BCUT2D eigenvalue weighted by Gasteiger charge is -2.56. The van der Waals surface area contributed by atoms with E-state index in [1.807, 2.05) is 7.05 Å². The molecule has 2 aliphatic heterocycles. The van der Waals surface area contributed by atoms with E-state index in [1.54, 1.807) is 0 Å². The first-order valence-electron chi connectivity index (χ1n) is 6.06. The zero-order chi connectivity index (χ0) is 10.4. The van der Waals surface area contributed by atoms with Crippen LogP contribution in [0.1, 0.15) is 32.1 Å². The number of guanidine groups is 1. The molecule has 2 saturated carbocycles. The van der Waals surface area contributed by atoms with E-state index < -0.39 is 0 Å². The van der Waals surface area contributed by atoms with Gasteiger partial charge in [0.25, 0.3) is 0 Å². The van der Waals surface area contributed by atoms with Gasteiger partial charge in [-0.1, -0.05) is 0 Å². The van der Waals surface area contributed by atoms with Gasteiger partial charge in [0.15, 0.2) is 0 Å². The van der Waals surface area contributed by atoms with E-state index in [4.69, 9.17) is 5.73 Å². The summed E-state index contributed by atoms with van der Waals surface area (Å²) in [6, 6.07) is 1.36. The molecule has 15 heavy (non-hydrogen) atoms. The van der Waals surface area contributed by atoms with Gasteiger partial charge in [-0.05, 0) is 43.9 Å². The minimum Gasteiger partial charge on any atom is -0.368 e. The summed E-state index contributed by atoms with van der Waals surface area (Å²) in [5, 5.41) is 4.14. The van der Waals surface area contributed by atoms with Crippen molar-refractivity contribution in [1.82, 2.24) is 10.3 Å². The van der Waals surface area contributed by atoms with Crippen molar-refractivity contribution < 1.29 is 0 Å². The summed E-state index contributed by atoms with van der Waals surface area (Å²) >= 11 is 0. The quantitative estimate of drug-likeness (QED) is 0.379. The van der Waals surface area contributed by atoms with Crippen LogP contribution in [0.3, 0.4) is 0 Å². The molecule has 3 N–H and O–H groups in total. The van der Waals surface area contributed by atoms with Crippen LogP contribution in [-0.2, 0) is 0 Å². The van der Waals surface area contributed by atoms with E-state index in [1.165, 1.54) is 32.1 Å². The normalized spacial score (nSPS) is 43.5. The number of rotatable bonds is 1. The summed E-state index contributed by atoms with van der Waals surface area (Å²) in [4.78, 5) is 2.38.